The minimum Gasteiger partial charge on any atom is -0.308 e. The van der Waals surface area contributed by atoms with Crippen molar-refractivity contribution in [2.45, 2.75) is 13.8 Å². The topological polar surface area (TPSA) is 59.0 Å². The first kappa shape index (κ1) is 14.0. The van der Waals surface area contributed by atoms with Crippen molar-refractivity contribution >= 4 is 17.4 Å². The van der Waals surface area contributed by atoms with Crippen molar-refractivity contribution in [3.63, 3.8) is 0 Å². The summed E-state index contributed by atoms with van der Waals surface area (Å²) in [5.74, 6) is -1.98. The Morgan fingerprint density at radius 1 is 1.20 bits per heavy atom. The fourth-order valence-corrected chi connectivity index (χ4v) is 1.80. The number of benzene rings is 1. The maximum Gasteiger partial charge on any atom is 0.323 e. The van der Waals surface area contributed by atoms with Crippen molar-refractivity contribution in [2.24, 2.45) is 7.05 Å². The maximum atomic E-state index is 13.0. The zero-order chi connectivity index (χ0) is 14.9. The minimum atomic E-state index is -1.02. The lowest BCUT2D eigenvalue weighted by atomic mass is 10.3. The van der Waals surface area contributed by atoms with E-state index in [0.29, 0.717) is 11.4 Å². The maximum absolute atomic E-state index is 13.0. The van der Waals surface area contributed by atoms with E-state index in [0.717, 1.165) is 17.8 Å². The summed E-state index contributed by atoms with van der Waals surface area (Å²) in [4.78, 5) is 11.8. The summed E-state index contributed by atoms with van der Waals surface area (Å²) in [5, 5.41) is 9.22. The van der Waals surface area contributed by atoms with Crippen LogP contribution < -0.4 is 10.6 Å². The molecule has 0 saturated carbocycles. The molecule has 1 aromatic carbocycles. The van der Waals surface area contributed by atoms with Crippen LogP contribution in [-0.2, 0) is 7.05 Å². The smallest absolute Gasteiger partial charge is 0.308 e. The van der Waals surface area contributed by atoms with Gasteiger partial charge in [-0.25, -0.2) is 13.6 Å². The second-order valence-electron chi connectivity index (χ2n) is 4.38. The first-order valence-corrected chi connectivity index (χ1v) is 5.91. The van der Waals surface area contributed by atoms with Crippen molar-refractivity contribution in [1.82, 2.24) is 9.78 Å². The SMILES string of the molecule is Cc1nn(C)c(C)c1NC(=O)Nc1ccc(F)c(F)c1. The molecule has 2 rings (SSSR count). The lowest BCUT2D eigenvalue weighted by Gasteiger charge is -2.08. The molecule has 106 valence electrons. The lowest BCUT2D eigenvalue weighted by Crippen LogP contribution is -2.20. The predicted octanol–water partition coefficient (Wildman–Crippen LogP) is 2.96. The van der Waals surface area contributed by atoms with Gasteiger partial charge in [0.2, 0.25) is 0 Å². The molecule has 20 heavy (non-hydrogen) atoms. The number of carbonyl (C=O) groups excluding carboxylic acids is 1. The number of rotatable bonds is 2. The van der Waals surface area contributed by atoms with Crippen molar-refractivity contribution in [1.29, 1.82) is 0 Å². The molecule has 0 saturated heterocycles. The second kappa shape index (κ2) is 5.28. The fourth-order valence-electron chi connectivity index (χ4n) is 1.80. The van der Waals surface area contributed by atoms with Crippen molar-refractivity contribution in [2.75, 3.05) is 10.6 Å². The molecular formula is C13H14F2N4O. The Kier molecular flexibility index (Phi) is 3.69. The molecule has 0 unspecified atom stereocenters. The molecule has 1 aromatic heterocycles. The molecule has 2 amide bonds. The Bertz CT molecular complexity index is 667. The summed E-state index contributed by atoms with van der Waals surface area (Å²) in [6.45, 7) is 3.58. The van der Waals surface area contributed by atoms with Crippen LogP contribution in [0.15, 0.2) is 18.2 Å². The third-order valence-electron chi connectivity index (χ3n) is 2.93. The standard InChI is InChI=1S/C13H14F2N4O/c1-7-12(8(2)19(3)18-7)17-13(20)16-9-4-5-10(14)11(15)6-9/h4-6H,1-3H3,(H2,16,17,20). The first-order chi connectivity index (χ1) is 9.38. The monoisotopic (exact) mass is 280 g/mol. The normalized spacial score (nSPS) is 10.4. The van der Waals surface area contributed by atoms with Crippen LogP contribution in [0.25, 0.3) is 0 Å². The highest BCUT2D eigenvalue weighted by molar-refractivity contribution is 6.00. The highest BCUT2D eigenvalue weighted by Crippen LogP contribution is 2.19. The van der Waals surface area contributed by atoms with Gasteiger partial charge in [0, 0.05) is 18.8 Å². The number of urea groups is 1. The van der Waals surface area contributed by atoms with Gasteiger partial charge in [0.15, 0.2) is 11.6 Å². The average Bonchev–Trinajstić information content (AvgIpc) is 2.61. The highest BCUT2D eigenvalue weighted by atomic mass is 19.2. The van der Waals surface area contributed by atoms with Crippen LogP contribution >= 0.6 is 0 Å². The van der Waals surface area contributed by atoms with Crippen LogP contribution in [0.3, 0.4) is 0 Å². The third kappa shape index (κ3) is 2.76. The largest absolute Gasteiger partial charge is 0.323 e. The van der Waals surface area contributed by atoms with Crippen LogP contribution in [0.1, 0.15) is 11.4 Å². The van der Waals surface area contributed by atoms with Gasteiger partial charge < -0.3 is 10.6 Å². The predicted molar refractivity (Wildman–Crippen MR) is 71.7 cm³/mol. The molecule has 7 heteroatoms. The number of aromatic nitrogens is 2. The number of hydrogen-bond acceptors (Lipinski definition) is 2. The molecule has 0 bridgehead atoms. The summed E-state index contributed by atoms with van der Waals surface area (Å²) in [7, 11) is 1.76. The van der Waals surface area contributed by atoms with E-state index in [2.05, 4.69) is 15.7 Å². The quantitative estimate of drug-likeness (QED) is 0.888. The molecule has 0 fully saturated rings. The number of amides is 2. The van der Waals surface area contributed by atoms with Gasteiger partial charge in [-0.3, -0.25) is 4.68 Å². The van der Waals surface area contributed by atoms with E-state index in [1.165, 1.54) is 6.07 Å². The van der Waals surface area contributed by atoms with Crippen LogP contribution in [0.5, 0.6) is 0 Å². The third-order valence-corrected chi connectivity index (χ3v) is 2.93. The molecule has 0 spiro atoms. The fraction of sp³-hybridized carbons (Fsp3) is 0.231. The Labute approximate surface area is 114 Å². The number of aryl methyl sites for hydroxylation is 2. The van der Waals surface area contributed by atoms with Gasteiger partial charge >= 0.3 is 6.03 Å². The van der Waals surface area contributed by atoms with Crippen molar-refractivity contribution in [3.8, 4) is 0 Å². The molecule has 2 aromatic rings. The summed E-state index contributed by atoms with van der Waals surface area (Å²) in [5.41, 5.74) is 2.22. The molecule has 1 heterocycles. The zero-order valence-electron chi connectivity index (χ0n) is 11.3. The van der Waals surface area contributed by atoms with E-state index < -0.39 is 17.7 Å². The number of nitrogens with one attached hydrogen (secondary N) is 2. The van der Waals surface area contributed by atoms with E-state index in [1.54, 1.807) is 18.7 Å². The van der Waals surface area contributed by atoms with Gasteiger partial charge in [-0.05, 0) is 26.0 Å². The van der Waals surface area contributed by atoms with Gasteiger partial charge in [-0.2, -0.15) is 5.10 Å². The molecule has 0 radical (unpaired) electrons. The molecule has 0 aliphatic heterocycles. The van der Waals surface area contributed by atoms with E-state index in [9.17, 15) is 13.6 Å². The Morgan fingerprint density at radius 3 is 2.45 bits per heavy atom. The Hall–Kier alpha value is -2.44. The average molecular weight is 280 g/mol. The van der Waals surface area contributed by atoms with E-state index in [-0.39, 0.29) is 5.69 Å². The second-order valence-corrected chi connectivity index (χ2v) is 4.38. The number of anilines is 2. The molecular weight excluding hydrogens is 266 g/mol. The number of nitrogens with zero attached hydrogens (tertiary/aromatic N) is 2. The number of carbonyl (C=O) groups is 1. The Balaban J connectivity index is 2.11. The van der Waals surface area contributed by atoms with Gasteiger partial charge in [-0.15, -0.1) is 0 Å². The van der Waals surface area contributed by atoms with Crippen LogP contribution in [0.2, 0.25) is 0 Å². The van der Waals surface area contributed by atoms with Gasteiger partial charge in [-0.1, -0.05) is 0 Å². The van der Waals surface area contributed by atoms with Gasteiger partial charge in [0.25, 0.3) is 0 Å². The number of halogens is 2. The van der Waals surface area contributed by atoms with E-state index in [4.69, 9.17) is 0 Å². The molecule has 0 aliphatic rings. The minimum absolute atomic E-state index is 0.167. The molecule has 5 nitrogen and oxygen atoms in total. The van der Waals surface area contributed by atoms with E-state index in [1.807, 2.05) is 6.92 Å². The van der Waals surface area contributed by atoms with Crippen LogP contribution in [-0.4, -0.2) is 15.8 Å². The summed E-state index contributed by atoms with van der Waals surface area (Å²) in [6.07, 6.45) is 0. The molecule has 0 aliphatic carbocycles. The Morgan fingerprint density at radius 2 is 1.90 bits per heavy atom. The van der Waals surface area contributed by atoms with Crippen LogP contribution in [0.4, 0.5) is 25.0 Å². The van der Waals surface area contributed by atoms with Crippen LogP contribution in [0, 0.1) is 25.5 Å². The summed E-state index contributed by atoms with van der Waals surface area (Å²) < 4.78 is 27.4. The van der Waals surface area contributed by atoms with E-state index >= 15 is 0 Å². The van der Waals surface area contributed by atoms with Crippen molar-refractivity contribution in [3.05, 3.63) is 41.2 Å². The lowest BCUT2D eigenvalue weighted by molar-refractivity contribution is 0.262. The molecule has 0 atom stereocenters. The summed E-state index contributed by atoms with van der Waals surface area (Å²) >= 11 is 0. The molecule has 2 N–H and O–H groups in total. The van der Waals surface area contributed by atoms with Gasteiger partial charge in [0.1, 0.15) is 0 Å². The summed E-state index contributed by atoms with van der Waals surface area (Å²) in [6, 6.07) is 2.60. The first-order valence-electron chi connectivity index (χ1n) is 5.91. The van der Waals surface area contributed by atoms with Crippen molar-refractivity contribution < 1.29 is 13.6 Å². The zero-order valence-corrected chi connectivity index (χ0v) is 11.3. The number of hydrogen-bond donors (Lipinski definition) is 2. The van der Waals surface area contributed by atoms with Gasteiger partial charge in [0.05, 0.1) is 17.1 Å². The highest BCUT2D eigenvalue weighted by Gasteiger charge is 2.13.